The molecule has 0 saturated carbocycles. The van der Waals surface area contributed by atoms with Crippen LogP contribution in [-0.2, 0) is 16.6 Å². The Hall–Kier alpha value is -2.28. The molecule has 8 heteroatoms. The molecule has 1 saturated heterocycles. The molecule has 1 aromatic heterocycles. The van der Waals surface area contributed by atoms with Crippen molar-refractivity contribution < 1.29 is 13.4 Å². The van der Waals surface area contributed by atoms with Crippen LogP contribution in [0.3, 0.4) is 0 Å². The van der Waals surface area contributed by atoms with Crippen molar-refractivity contribution in [3.63, 3.8) is 0 Å². The molecule has 4 rings (SSSR count). The molecule has 0 radical (unpaired) electrons. The van der Waals surface area contributed by atoms with E-state index in [9.17, 15) is 9.00 Å². The number of furan rings is 1. The van der Waals surface area contributed by atoms with Gasteiger partial charge >= 0.3 is 0 Å². The monoisotopic (exact) mass is 462 g/mol. The van der Waals surface area contributed by atoms with Gasteiger partial charge in [0, 0.05) is 46.8 Å². The zero-order valence-corrected chi connectivity index (χ0v) is 18.4. The van der Waals surface area contributed by atoms with Crippen LogP contribution in [-0.4, -0.2) is 41.2 Å². The van der Waals surface area contributed by atoms with Crippen molar-refractivity contribution in [2.24, 2.45) is 0 Å². The standard InChI is InChI=1S/C22H20Cl2N2O3S/c23-16-1-5-18(6-2-16)25-11-13-26(14-12-25)22(27)21-10-7-19(29-21)15-30(28)20-8-3-17(24)4-9-20/h1-10H,11-15H2. The van der Waals surface area contributed by atoms with Crippen molar-refractivity contribution in [1.29, 1.82) is 0 Å². The number of piperazine rings is 1. The fraction of sp³-hybridized carbons (Fsp3) is 0.227. The molecule has 156 valence electrons. The number of nitrogens with zero attached hydrogens (tertiary/aromatic N) is 2. The van der Waals surface area contributed by atoms with Crippen LogP contribution >= 0.6 is 23.2 Å². The minimum Gasteiger partial charge on any atom is -0.455 e. The molecule has 1 fully saturated rings. The van der Waals surface area contributed by atoms with E-state index in [1.807, 2.05) is 24.3 Å². The Morgan fingerprint density at radius 3 is 2.10 bits per heavy atom. The van der Waals surface area contributed by atoms with Crippen molar-refractivity contribution >= 4 is 45.6 Å². The second kappa shape index (κ2) is 9.25. The largest absolute Gasteiger partial charge is 0.455 e. The summed E-state index contributed by atoms with van der Waals surface area (Å²) in [5.41, 5.74) is 1.09. The number of amides is 1. The first-order chi connectivity index (χ1) is 14.5. The average molecular weight is 463 g/mol. The molecule has 1 aliphatic rings. The minimum atomic E-state index is -1.27. The second-order valence-electron chi connectivity index (χ2n) is 6.97. The fourth-order valence-electron chi connectivity index (χ4n) is 3.34. The van der Waals surface area contributed by atoms with Gasteiger partial charge in [-0.2, -0.15) is 0 Å². The average Bonchev–Trinajstić information content (AvgIpc) is 3.23. The molecular weight excluding hydrogens is 443 g/mol. The molecule has 0 N–H and O–H groups in total. The van der Waals surface area contributed by atoms with E-state index in [1.165, 1.54) is 0 Å². The highest BCUT2D eigenvalue weighted by atomic mass is 35.5. The third-order valence-corrected chi connectivity index (χ3v) is 6.83. The number of carbonyl (C=O) groups excluding carboxylic acids is 1. The smallest absolute Gasteiger partial charge is 0.289 e. The van der Waals surface area contributed by atoms with Gasteiger partial charge in [0.1, 0.15) is 5.76 Å². The van der Waals surface area contributed by atoms with Crippen molar-refractivity contribution in [1.82, 2.24) is 4.90 Å². The summed E-state index contributed by atoms with van der Waals surface area (Å²) in [4.78, 5) is 17.5. The van der Waals surface area contributed by atoms with E-state index in [0.29, 0.717) is 33.8 Å². The van der Waals surface area contributed by atoms with Crippen LogP contribution in [0.1, 0.15) is 16.3 Å². The van der Waals surface area contributed by atoms with Crippen LogP contribution in [0.15, 0.2) is 70.0 Å². The summed E-state index contributed by atoms with van der Waals surface area (Å²) in [5.74, 6) is 0.859. The van der Waals surface area contributed by atoms with Crippen LogP contribution in [0.4, 0.5) is 5.69 Å². The molecule has 1 amide bonds. The Labute approximate surface area is 187 Å². The number of hydrogen-bond acceptors (Lipinski definition) is 4. The van der Waals surface area contributed by atoms with Crippen LogP contribution in [0, 0.1) is 0 Å². The van der Waals surface area contributed by atoms with Crippen molar-refractivity contribution in [2.45, 2.75) is 10.6 Å². The molecule has 5 nitrogen and oxygen atoms in total. The van der Waals surface area contributed by atoms with Crippen molar-refractivity contribution in [3.05, 3.63) is 82.2 Å². The number of rotatable bonds is 5. The lowest BCUT2D eigenvalue weighted by molar-refractivity contribution is 0.0713. The Morgan fingerprint density at radius 1 is 0.867 bits per heavy atom. The van der Waals surface area contributed by atoms with Gasteiger partial charge in [0.05, 0.1) is 16.6 Å². The highest BCUT2D eigenvalue weighted by molar-refractivity contribution is 7.84. The maximum absolute atomic E-state index is 12.8. The predicted octanol–water partition coefficient (Wildman–Crippen LogP) is 4.86. The Morgan fingerprint density at radius 2 is 1.47 bits per heavy atom. The van der Waals surface area contributed by atoms with Gasteiger partial charge in [-0.25, -0.2) is 0 Å². The molecule has 2 aromatic carbocycles. The van der Waals surface area contributed by atoms with Gasteiger partial charge in [-0.15, -0.1) is 0 Å². The van der Waals surface area contributed by atoms with Crippen LogP contribution < -0.4 is 4.90 Å². The summed E-state index contributed by atoms with van der Waals surface area (Å²) >= 11 is 11.8. The lowest BCUT2D eigenvalue weighted by atomic mass is 10.2. The lowest BCUT2D eigenvalue weighted by Crippen LogP contribution is -2.48. The first kappa shape index (κ1) is 21.0. The summed E-state index contributed by atoms with van der Waals surface area (Å²) in [6.45, 7) is 2.69. The van der Waals surface area contributed by atoms with Gasteiger partial charge in [-0.3, -0.25) is 9.00 Å². The number of benzene rings is 2. The molecule has 1 unspecified atom stereocenters. The van der Waals surface area contributed by atoms with Crippen LogP contribution in [0.5, 0.6) is 0 Å². The van der Waals surface area contributed by atoms with E-state index in [-0.39, 0.29) is 17.4 Å². The van der Waals surface area contributed by atoms with Crippen molar-refractivity contribution in [2.75, 3.05) is 31.1 Å². The van der Waals surface area contributed by atoms with E-state index in [1.54, 1.807) is 41.3 Å². The quantitative estimate of drug-likeness (QED) is 0.543. The molecule has 1 atom stereocenters. The summed E-state index contributed by atoms with van der Waals surface area (Å²) in [5, 5.41) is 1.30. The number of anilines is 1. The Bertz CT molecular complexity index is 1040. The third-order valence-electron chi connectivity index (χ3n) is 4.98. The molecule has 0 spiro atoms. The molecule has 0 bridgehead atoms. The fourth-order valence-corrected chi connectivity index (χ4v) is 4.62. The zero-order valence-electron chi connectivity index (χ0n) is 16.1. The number of carbonyl (C=O) groups is 1. The molecule has 30 heavy (non-hydrogen) atoms. The first-order valence-electron chi connectivity index (χ1n) is 9.52. The van der Waals surface area contributed by atoms with Gasteiger partial charge < -0.3 is 14.2 Å². The summed E-state index contributed by atoms with van der Waals surface area (Å²) in [6, 6.07) is 17.9. The van der Waals surface area contributed by atoms with E-state index in [0.717, 1.165) is 18.8 Å². The van der Waals surface area contributed by atoms with E-state index in [4.69, 9.17) is 27.6 Å². The zero-order chi connectivity index (χ0) is 21.1. The summed E-state index contributed by atoms with van der Waals surface area (Å²) in [7, 11) is -1.27. The Kier molecular flexibility index (Phi) is 6.46. The van der Waals surface area contributed by atoms with E-state index < -0.39 is 10.8 Å². The third kappa shape index (κ3) is 4.89. The minimum absolute atomic E-state index is 0.144. The second-order valence-corrected chi connectivity index (χ2v) is 9.29. The Balaban J connectivity index is 1.34. The normalized spacial score (nSPS) is 15.3. The SMILES string of the molecule is O=C(c1ccc(CS(=O)c2ccc(Cl)cc2)o1)N1CCN(c2ccc(Cl)cc2)CC1. The first-order valence-corrected chi connectivity index (χ1v) is 11.6. The molecule has 1 aliphatic heterocycles. The highest BCUT2D eigenvalue weighted by Gasteiger charge is 2.24. The maximum atomic E-state index is 12.8. The van der Waals surface area contributed by atoms with Crippen LogP contribution in [0.25, 0.3) is 0 Å². The topological polar surface area (TPSA) is 53.8 Å². The molecule has 0 aliphatic carbocycles. The van der Waals surface area contributed by atoms with Gasteiger partial charge in [-0.1, -0.05) is 23.2 Å². The van der Waals surface area contributed by atoms with E-state index in [2.05, 4.69) is 4.90 Å². The van der Waals surface area contributed by atoms with Crippen molar-refractivity contribution in [3.8, 4) is 0 Å². The van der Waals surface area contributed by atoms with Gasteiger partial charge in [-0.05, 0) is 60.7 Å². The summed E-state index contributed by atoms with van der Waals surface area (Å²) < 4.78 is 18.2. The van der Waals surface area contributed by atoms with Gasteiger partial charge in [0.25, 0.3) is 5.91 Å². The van der Waals surface area contributed by atoms with E-state index >= 15 is 0 Å². The molecular formula is C22H20Cl2N2O3S. The number of halogens is 2. The van der Waals surface area contributed by atoms with Gasteiger partial charge in [0.15, 0.2) is 5.76 Å². The maximum Gasteiger partial charge on any atom is 0.289 e. The molecule has 3 aromatic rings. The predicted molar refractivity (Wildman–Crippen MR) is 120 cm³/mol. The van der Waals surface area contributed by atoms with Crippen LogP contribution in [0.2, 0.25) is 10.0 Å². The summed E-state index contributed by atoms with van der Waals surface area (Å²) in [6.07, 6.45) is 0. The lowest BCUT2D eigenvalue weighted by Gasteiger charge is -2.35. The number of hydrogen-bond donors (Lipinski definition) is 0. The highest BCUT2D eigenvalue weighted by Crippen LogP contribution is 2.21. The van der Waals surface area contributed by atoms with Gasteiger partial charge in [0.2, 0.25) is 0 Å². The molecule has 2 heterocycles.